The van der Waals surface area contributed by atoms with Gasteiger partial charge in [-0.2, -0.15) is 18.3 Å². The normalized spacial score (nSPS) is 11.5. The third-order valence-electron chi connectivity index (χ3n) is 2.93. The molecule has 0 aliphatic carbocycles. The van der Waals surface area contributed by atoms with Crippen LogP contribution in [0.5, 0.6) is 0 Å². The number of alkyl halides is 3. The Morgan fingerprint density at radius 1 is 1.38 bits per heavy atom. The van der Waals surface area contributed by atoms with Crippen molar-refractivity contribution in [1.82, 2.24) is 9.78 Å². The van der Waals surface area contributed by atoms with Crippen LogP contribution >= 0.6 is 0 Å². The fourth-order valence-electron chi connectivity index (χ4n) is 1.97. The van der Waals surface area contributed by atoms with Gasteiger partial charge in [-0.3, -0.25) is 4.68 Å². The van der Waals surface area contributed by atoms with E-state index in [1.807, 2.05) is 0 Å². The largest absolute Gasteiger partial charge is 0.464 e. The first-order valence-corrected chi connectivity index (χ1v) is 5.84. The van der Waals surface area contributed by atoms with E-state index in [2.05, 4.69) is 9.84 Å². The molecule has 5 nitrogen and oxygen atoms in total. The van der Waals surface area contributed by atoms with Crippen molar-refractivity contribution in [3.05, 3.63) is 35.5 Å². The molecule has 2 N–H and O–H groups in total. The molecule has 0 radical (unpaired) electrons. The Kier molecular flexibility index (Phi) is 3.63. The molecule has 0 atom stereocenters. The molecule has 21 heavy (non-hydrogen) atoms. The molecule has 0 amide bonds. The zero-order valence-electron chi connectivity index (χ0n) is 11.2. The average Bonchev–Trinajstić information content (AvgIpc) is 2.72. The molecule has 1 aromatic heterocycles. The molecule has 0 spiro atoms. The van der Waals surface area contributed by atoms with E-state index in [4.69, 9.17) is 5.73 Å². The first-order chi connectivity index (χ1) is 9.75. The van der Waals surface area contributed by atoms with Crippen molar-refractivity contribution in [2.45, 2.75) is 6.18 Å². The molecule has 0 unspecified atom stereocenters. The summed E-state index contributed by atoms with van der Waals surface area (Å²) in [6.45, 7) is 0. The van der Waals surface area contributed by atoms with Crippen molar-refractivity contribution in [2.75, 3.05) is 12.8 Å². The van der Waals surface area contributed by atoms with Crippen molar-refractivity contribution < 1.29 is 22.7 Å². The lowest BCUT2D eigenvalue weighted by Gasteiger charge is -2.09. The summed E-state index contributed by atoms with van der Waals surface area (Å²) in [4.78, 5) is 11.5. The van der Waals surface area contributed by atoms with E-state index in [-0.39, 0.29) is 22.6 Å². The lowest BCUT2D eigenvalue weighted by atomic mass is 10.1. The number of aryl methyl sites for hydroxylation is 1. The second kappa shape index (κ2) is 5.12. The van der Waals surface area contributed by atoms with Gasteiger partial charge in [0.2, 0.25) is 0 Å². The number of halogens is 3. The van der Waals surface area contributed by atoms with Gasteiger partial charge >= 0.3 is 12.1 Å². The van der Waals surface area contributed by atoms with Gasteiger partial charge in [0, 0.05) is 12.6 Å². The molecule has 0 saturated carbocycles. The highest BCUT2D eigenvalue weighted by atomic mass is 19.4. The van der Waals surface area contributed by atoms with Crippen molar-refractivity contribution in [1.29, 1.82) is 0 Å². The predicted molar refractivity (Wildman–Crippen MR) is 69.4 cm³/mol. The minimum atomic E-state index is -4.46. The van der Waals surface area contributed by atoms with Gasteiger partial charge in [-0.25, -0.2) is 4.79 Å². The van der Waals surface area contributed by atoms with E-state index in [1.165, 1.54) is 31.0 Å². The van der Waals surface area contributed by atoms with E-state index in [0.29, 0.717) is 0 Å². The summed E-state index contributed by atoms with van der Waals surface area (Å²) < 4.78 is 44.0. The van der Waals surface area contributed by atoms with Crippen LogP contribution in [-0.2, 0) is 18.0 Å². The molecule has 0 saturated heterocycles. The van der Waals surface area contributed by atoms with Crippen LogP contribution in [0.1, 0.15) is 16.1 Å². The lowest BCUT2D eigenvalue weighted by molar-refractivity contribution is -0.137. The van der Waals surface area contributed by atoms with Crippen molar-refractivity contribution >= 4 is 11.7 Å². The van der Waals surface area contributed by atoms with Crippen LogP contribution < -0.4 is 5.73 Å². The maximum Gasteiger partial charge on any atom is 0.416 e. The zero-order chi connectivity index (χ0) is 15.8. The topological polar surface area (TPSA) is 70.1 Å². The molecular weight excluding hydrogens is 287 g/mol. The number of aromatic nitrogens is 2. The number of anilines is 1. The standard InChI is InChI=1S/C13H12F3N3O2/c1-19-11(9(17)10(18-19)12(20)21-2)7-4-3-5-8(6-7)13(14,15)16/h3-6H,17H2,1-2H3. The van der Waals surface area contributed by atoms with E-state index >= 15 is 0 Å². The summed E-state index contributed by atoms with van der Waals surface area (Å²) in [7, 11) is 2.65. The Morgan fingerprint density at radius 3 is 2.62 bits per heavy atom. The number of hydrogen-bond acceptors (Lipinski definition) is 4. The highest BCUT2D eigenvalue weighted by molar-refractivity contribution is 5.97. The second-order valence-corrected chi connectivity index (χ2v) is 4.30. The van der Waals surface area contributed by atoms with Gasteiger partial charge in [0.05, 0.1) is 24.1 Å². The molecule has 1 aromatic carbocycles. The van der Waals surface area contributed by atoms with Crippen LogP contribution in [0, 0.1) is 0 Å². The number of ether oxygens (including phenoxy) is 1. The number of carbonyl (C=O) groups excluding carboxylic acids is 1. The minimum Gasteiger partial charge on any atom is -0.464 e. The highest BCUT2D eigenvalue weighted by Crippen LogP contribution is 2.34. The Hall–Kier alpha value is -2.51. The van der Waals surface area contributed by atoms with Crippen LogP contribution in [0.15, 0.2) is 24.3 Å². The molecule has 8 heteroatoms. The predicted octanol–water partition coefficient (Wildman–Crippen LogP) is 2.47. The first kappa shape index (κ1) is 14.9. The first-order valence-electron chi connectivity index (χ1n) is 5.84. The van der Waals surface area contributed by atoms with Gasteiger partial charge in [-0.05, 0) is 12.1 Å². The fraction of sp³-hybridized carbons (Fsp3) is 0.231. The van der Waals surface area contributed by atoms with Gasteiger partial charge in [-0.1, -0.05) is 12.1 Å². The van der Waals surface area contributed by atoms with E-state index in [0.717, 1.165) is 12.1 Å². The fourth-order valence-corrected chi connectivity index (χ4v) is 1.97. The quantitative estimate of drug-likeness (QED) is 0.865. The SMILES string of the molecule is COC(=O)c1nn(C)c(-c2cccc(C(F)(F)F)c2)c1N. The van der Waals surface area contributed by atoms with Gasteiger partial charge in [0.1, 0.15) is 0 Å². The van der Waals surface area contributed by atoms with Crippen LogP contribution in [0.4, 0.5) is 18.9 Å². The number of nitrogens with zero attached hydrogens (tertiary/aromatic N) is 2. The third-order valence-corrected chi connectivity index (χ3v) is 2.93. The van der Waals surface area contributed by atoms with Crippen LogP contribution in [0.2, 0.25) is 0 Å². The number of methoxy groups -OCH3 is 1. The van der Waals surface area contributed by atoms with Crippen LogP contribution in [-0.4, -0.2) is 22.9 Å². The smallest absolute Gasteiger partial charge is 0.416 e. The van der Waals surface area contributed by atoms with E-state index in [9.17, 15) is 18.0 Å². The van der Waals surface area contributed by atoms with Crippen LogP contribution in [0.3, 0.4) is 0 Å². The molecule has 0 bridgehead atoms. The van der Waals surface area contributed by atoms with E-state index in [1.54, 1.807) is 0 Å². The zero-order valence-corrected chi connectivity index (χ0v) is 11.2. The van der Waals surface area contributed by atoms with Gasteiger partial charge in [0.25, 0.3) is 0 Å². The average molecular weight is 299 g/mol. The van der Waals surface area contributed by atoms with Gasteiger partial charge in [-0.15, -0.1) is 0 Å². The molecular formula is C13H12F3N3O2. The van der Waals surface area contributed by atoms with Crippen molar-refractivity contribution in [3.8, 4) is 11.3 Å². The number of hydrogen-bond donors (Lipinski definition) is 1. The third kappa shape index (κ3) is 2.69. The highest BCUT2D eigenvalue weighted by Gasteiger charge is 2.31. The van der Waals surface area contributed by atoms with E-state index < -0.39 is 17.7 Å². The number of esters is 1. The molecule has 1 heterocycles. The number of nitrogens with two attached hydrogens (primary N) is 1. The maximum atomic E-state index is 12.7. The van der Waals surface area contributed by atoms with Crippen LogP contribution in [0.25, 0.3) is 11.3 Å². The van der Waals surface area contributed by atoms with Crippen molar-refractivity contribution in [3.63, 3.8) is 0 Å². The summed E-state index contributed by atoms with van der Waals surface area (Å²) in [6, 6.07) is 4.64. The molecule has 0 aliphatic rings. The van der Waals surface area contributed by atoms with Gasteiger partial charge < -0.3 is 10.5 Å². The monoisotopic (exact) mass is 299 g/mol. The van der Waals surface area contributed by atoms with Crippen molar-refractivity contribution in [2.24, 2.45) is 7.05 Å². The summed E-state index contributed by atoms with van der Waals surface area (Å²) >= 11 is 0. The summed E-state index contributed by atoms with van der Waals surface area (Å²) in [6.07, 6.45) is -4.46. The number of nitrogen functional groups attached to an aromatic ring is 1. The summed E-state index contributed by atoms with van der Waals surface area (Å²) in [5.41, 5.74) is 5.28. The summed E-state index contributed by atoms with van der Waals surface area (Å²) in [5, 5.41) is 3.89. The second-order valence-electron chi connectivity index (χ2n) is 4.30. The summed E-state index contributed by atoms with van der Waals surface area (Å²) in [5.74, 6) is -0.749. The maximum absolute atomic E-state index is 12.7. The molecule has 0 fully saturated rings. The molecule has 2 rings (SSSR count). The Balaban J connectivity index is 2.58. The van der Waals surface area contributed by atoms with Gasteiger partial charge in [0.15, 0.2) is 5.69 Å². The Morgan fingerprint density at radius 2 is 2.05 bits per heavy atom. The number of carbonyl (C=O) groups is 1. The Bertz CT molecular complexity index is 692. The molecule has 0 aliphatic heterocycles. The number of rotatable bonds is 2. The molecule has 2 aromatic rings. The minimum absolute atomic E-state index is 0.0244. The Labute approximate surface area is 118 Å². The number of benzene rings is 1. The lowest BCUT2D eigenvalue weighted by Crippen LogP contribution is -2.05. The molecule has 112 valence electrons.